The van der Waals surface area contributed by atoms with Crippen LogP contribution >= 0.6 is 0 Å². The molecule has 54 heavy (non-hydrogen) atoms. The van der Waals surface area contributed by atoms with Crippen LogP contribution in [0.4, 0.5) is 0 Å². The quantitative estimate of drug-likeness (QED) is 0.218. The summed E-state index contributed by atoms with van der Waals surface area (Å²) in [5.41, 5.74) is -4.37. The topological polar surface area (TPSA) is 243 Å². The third-order valence-electron chi connectivity index (χ3n) is 12.2. The van der Waals surface area contributed by atoms with Crippen LogP contribution in [0.3, 0.4) is 0 Å². The second kappa shape index (κ2) is 20.1. The van der Waals surface area contributed by atoms with E-state index in [2.05, 4.69) is 0 Å². The predicted molar refractivity (Wildman–Crippen MR) is 201 cm³/mol. The van der Waals surface area contributed by atoms with Crippen LogP contribution in [0.2, 0.25) is 0 Å². The largest absolute Gasteiger partial charge is 0.459 e. The molecule has 0 spiro atoms. The molecule has 18 atom stereocenters. The summed E-state index contributed by atoms with van der Waals surface area (Å²) < 4.78 is 37.5. The van der Waals surface area contributed by atoms with Crippen molar-refractivity contribution in [3.8, 4) is 0 Å². The number of aliphatic hydroxyl groups is 5. The number of hydrogen-bond donors (Lipinski definition) is 5. The molecule has 3 rings (SSSR count). The molecule has 3 aliphatic rings. The van der Waals surface area contributed by atoms with Crippen molar-refractivity contribution in [1.29, 1.82) is 0 Å². The van der Waals surface area contributed by atoms with Crippen LogP contribution < -0.4 is 0 Å². The Balaban J connectivity index is 0.00000729. The molecule has 10 unspecified atom stereocenters. The molecule has 0 amide bonds. The summed E-state index contributed by atoms with van der Waals surface area (Å²) in [5, 5.41) is 58.1. The average Bonchev–Trinajstić information content (AvgIpc) is 3.05. The second-order valence-electron chi connectivity index (χ2n) is 17.2. The highest BCUT2D eigenvalue weighted by molar-refractivity contribution is 5.73. The zero-order chi connectivity index (χ0) is 39.7. The molecule has 3 aliphatic heterocycles. The maximum Gasteiger partial charge on any atom is 0.311 e. The van der Waals surface area contributed by atoms with Crippen molar-refractivity contribution in [1.82, 2.24) is 9.80 Å². The van der Waals surface area contributed by atoms with Crippen molar-refractivity contribution >= 4 is 5.97 Å². The summed E-state index contributed by atoms with van der Waals surface area (Å²) in [6.45, 7) is 18.0. The maximum atomic E-state index is 14.2. The molecule has 9 N–H and O–H groups in total. The van der Waals surface area contributed by atoms with Gasteiger partial charge in [0.15, 0.2) is 12.6 Å². The van der Waals surface area contributed by atoms with E-state index < -0.39 is 96.0 Å². The van der Waals surface area contributed by atoms with E-state index in [4.69, 9.17) is 28.4 Å². The normalized spacial score (nSPS) is 47.8. The van der Waals surface area contributed by atoms with Crippen molar-refractivity contribution in [2.75, 3.05) is 34.8 Å². The monoisotopic (exact) mass is 785 g/mol. The van der Waals surface area contributed by atoms with E-state index in [1.54, 1.807) is 41.5 Å². The third kappa shape index (κ3) is 11.3. The molecule has 0 saturated carbocycles. The van der Waals surface area contributed by atoms with Crippen LogP contribution in [-0.4, -0.2) is 177 Å². The Kier molecular flexibility index (Phi) is 18.9. The number of ether oxygens (including phenoxy) is 6. The van der Waals surface area contributed by atoms with Crippen LogP contribution in [-0.2, 0) is 33.2 Å². The highest BCUT2D eigenvalue weighted by Crippen LogP contribution is 2.40. The number of carbonyl (C=O) groups is 1. The lowest BCUT2D eigenvalue weighted by atomic mass is 9.77. The second-order valence-corrected chi connectivity index (χ2v) is 17.2. The van der Waals surface area contributed by atoms with Gasteiger partial charge in [-0.1, -0.05) is 20.8 Å². The number of carbonyl (C=O) groups excluding carboxylic acids is 1. The molecule has 0 aliphatic carbocycles. The number of rotatable bonds is 7. The molecular formula is C38H76N2O14. The highest BCUT2D eigenvalue weighted by Gasteiger charge is 2.52. The van der Waals surface area contributed by atoms with Gasteiger partial charge in [0, 0.05) is 38.1 Å². The summed E-state index contributed by atoms with van der Waals surface area (Å²) in [6, 6.07) is -0.808. The smallest absolute Gasteiger partial charge is 0.311 e. The Morgan fingerprint density at radius 2 is 1.52 bits per heavy atom. The number of likely N-dealkylation sites (N-methyl/N-ethyl adjacent to an activating group) is 2. The number of nitrogens with zero attached hydrogens (tertiary/aromatic N) is 2. The van der Waals surface area contributed by atoms with Gasteiger partial charge in [0.1, 0.15) is 30.0 Å². The molecule has 0 aromatic heterocycles. The SMILES string of the molecule is CC[C@H]1OC(=O)[C@H](C)C(OC2CC(C)(OC)C(O)C(C)O2)[C@H](C)C(OC2OC(C)CC(N(C)C)C2O)[C@](C)(O)C[C@@H](C)CN(C)[C@H](C)[C@@H](O)[C@]1(C)O.O.O. The maximum absolute atomic E-state index is 14.2. The minimum absolute atomic E-state index is 0. The lowest BCUT2D eigenvalue weighted by molar-refractivity contribution is -0.318. The fraction of sp³-hybridized carbons (Fsp3) is 0.974. The van der Waals surface area contributed by atoms with E-state index in [9.17, 15) is 30.3 Å². The number of methoxy groups -OCH3 is 1. The van der Waals surface area contributed by atoms with E-state index in [1.807, 2.05) is 51.7 Å². The summed E-state index contributed by atoms with van der Waals surface area (Å²) in [5.74, 6) is -2.58. The van der Waals surface area contributed by atoms with E-state index >= 15 is 0 Å². The predicted octanol–water partition coefficient (Wildman–Crippen LogP) is 0.251. The van der Waals surface area contributed by atoms with Gasteiger partial charge in [-0.25, -0.2) is 0 Å². The van der Waals surface area contributed by atoms with Crippen molar-refractivity contribution < 1.29 is 69.7 Å². The fourth-order valence-corrected chi connectivity index (χ4v) is 8.74. The molecular weight excluding hydrogens is 708 g/mol. The number of esters is 1. The first-order chi connectivity index (χ1) is 23.9. The first-order valence-corrected chi connectivity index (χ1v) is 19.1. The van der Waals surface area contributed by atoms with Gasteiger partial charge in [-0.3, -0.25) is 4.79 Å². The van der Waals surface area contributed by atoms with E-state index in [0.29, 0.717) is 13.0 Å². The van der Waals surface area contributed by atoms with Gasteiger partial charge < -0.3 is 74.7 Å². The molecule has 3 heterocycles. The van der Waals surface area contributed by atoms with Crippen LogP contribution in [0.25, 0.3) is 0 Å². The first kappa shape index (κ1) is 50.9. The van der Waals surface area contributed by atoms with Crippen LogP contribution in [0.1, 0.15) is 94.9 Å². The lowest BCUT2D eigenvalue weighted by Gasteiger charge is -2.48. The first-order valence-electron chi connectivity index (χ1n) is 19.1. The van der Waals surface area contributed by atoms with Gasteiger partial charge in [0.05, 0.1) is 41.5 Å². The lowest BCUT2D eigenvalue weighted by Crippen LogP contribution is -2.60. The number of hydrogen-bond acceptors (Lipinski definition) is 14. The van der Waals surface area contributed by atoms with Gasteiger partial charge >= 0.3 is 5.97 Å². The Bertz CT molecular complexity index is 1150. The number of aliphatic hydroxyl groups excluding tert-OH is 3. The van der Waals surface area contributed by atoms with E-state index in [-0.39, 0.29) is 48.3 Å². The van der Waals surface area contributed by atoms with Gasteiger partial charge in [0.25, 0.3) is 0 Å². The van der Waals surface area contributed by atoms with E-state index in [1.165, 1.54) is 14.0 Å². The number of cyclic esters (lactones) is 1. The molecule has 322 valence electrons. The summed E-state index contributed by atoms with van der Waals surface area (Å²) in [7, 11) is 7.12. The highest BCUT2D eigenvalue weighted by atomic mass is 16.7. The van der Waals surface area contributed by atoms with Gasteiger partial charge in [-0.05, 0) is 94.8 Å². The Hall–Kier alpha value is -1.09. The molecule has 0 radical (unpaired) electrons. The van der Waals surface area contributed by atoms with Gasteiger partial charge in [-0.15, -0.1) is 0 Å². The van der Waals surface area contributed by atoms with Crippen molar-refractivity contribution in [2.45, 2.75) is 185 Å². The molecule has 16 nitrogen and oxygen atoms in total. The summed E-state index contributed by atoms with van der Waals surface area (Å²) in [6.07, 6.45) is -8.19. The van der Waals surface area contributed by atoms with Crippen molar-refractivity contribution in [3.63, 3.8) is 0 Å². The average molecular weight is 785 g/mol. The van der Waals surface area contributed by atoms with Crippen LogP contribution in [0, 0.1) is 17.8 Å². The van der Waals surface area contributed by atoms with Crippen molar-refractivity contribution in [3.05, 3.63) is 0 Å². The Morgan fingerprint density at radius 3 is 2.06 bits per heavy atom. The Labute approximate surface area is 323 Å². The van der Waals surface area contributed by atoms with Gasteiger partial charge in [-0.2, -0.15) is 0 Å². The van der Waals surface area contributed by atoms with Gasteiger partial charge in [0.2, 0.25) is 0 Å². The van der Waals surface area contributed by atoms with E-state index in [0.717, 1.165) is 0 Å². The zero-order valence-corrected chi connectivity index (χ0v) is 35.2. The molecule has 3 fully saturated rings. The summed E-state index contributed by atoms with van der Waals surface area (Å²) >= 11 is 0. The fourth-order valence-electron chi connectivity index (χ4n) is 8.74. The molecule has 16 heteroatoms. The minimum atomic E-state index is -1.80. The molecule has 3 saturated heterocycles. The molecule has 0 aromatic carbocycles. The summed E-state index contributed by atoms with van der Waals surface area (Å²) in [4.78, 5) is 18.0. The van der Waals surface area contributed by atoms with Crippen LogP contribution in [0.15, 0.2) is 0 Å². The standard InChI is InChI=1S/C38H72N2O12.2H2O/c1-15-27-38(10,46)31(42)24(6)40(13)19-20(2)17-36(8,45)33(52-35-29(41)26(39(11)12)16-21(3)48-35)22(4)30(23(5)34(44)50-27)51-28-18-37(9,47-14)32(43)25(7)49-28;;/h20-33,35,41-43,45-46H,15-19H2,1-14H3;2*1H2/t20-,21?,22+,23-,24-,25?,26?,27-,28?,29?,30?,31-,32?,33?,35?,36-,37?,38-;;/m1../s1. The van der Waals surface area contributed by atoms with Crippen molar-refractivity contribution in [2.24, 2.45) is 17.8 Å². The third-order valence-corrected chi connectivity index (χ3v) is 12.2. The van der Waals surface area contributed by atoms with Crippen LogP contribution in [0.5, 0.6) is 0 Å². The minimum Gasteiger partial charge on any atom is -0.459 e. The molecule has 0 bridgehead atoms. The molecule has 0 aromatic rings. The Morgan fingerprint density at radius 1 is 0.926 bits per heavy atom. The zero-order valence-electron chi connectivity index (χ0n) is 35.2.